The minimum absolute atomic E-state index is 0.591. The number of halogens is 1. The van der Waals surface area contributed by atoms with E-state index in [0.717, 1.165) is 18.0 Å². The van der Waals surface area contributed by atoms with Gasteiger partial charge in [0.1, 0.15) is 0 Å². The van der Waals surface area contributed by atoms with Crippen molar-refractivity contribution in [2.45, 2.75) is 31.7 Å². The molecule has 2 heterocycles. The van der Waals surface area contributed by atoms with Gasteiger partial charge in [-0.05, 0) is 49.6 Å². The number of fused-ring (bicyclic) bond motifs is 1. The molecule has 2 nitrogen and oxygen atoms in total. The number of rotatable bonds is 2. The van der Waals surface area contributed by atoms with Gasteiger partial charge >= 0.3 is 0 Å². The third-order valence-corrected chi connectivity index (χ3v) is 3.95. The monoisotopic (exact) mass is 248 g/mol. The Morgan fingerprint density at radius 3 is 3.06 bits per heavy atom. The molecule has 90 valence electrons. The van der Waals surface area contributed by atoms with Crippen LogP contribution < -0.4 is 5.32 Å². The smallest absolute Gasteiger partial charge is 0.0457 e. The van der Waals surface area contributed by atoms with Crippen LogP contribution >= 0.6 is 11.6 Å². The molecule has 3 rings (SSSR count). The van der Waals surface area contributed by atoms with Crippen molar-refractivity contribution in [2.75, 3.05) is 6.54 Å². The van der Waals surface area contributed by atoms with Crippen LogP contribution in [-0.2, 0) is 6.42 Å². The maximum Gasteiger partial charge on any atom is 0.0457 e. The molecule has 1 aromatic carbocycles. The van der Waals surface area contributed by atoms with Crippen molar-refractivity contribution in [3.05, 3.63) is 35.0 Å². The zero-order chi connectivity index (χ0) is 11.7. The Balaban J connectivity index is 1.85. The van der Waals surface area contributed by atoms with E-state index in [-0.39, 0.29) is 0 Å². The first-order valence-electron chi connectivity index (χ1n) is 6.32. The van der Waals surface area contributed by atoms with E-state index < -0.39 is 0 Å². The Morgan fingerprint density at radius 1 is 1.29 bits per heavy atom. The van der Waals surface area contributed by atoms with Crippen LogP contribution in [0.2, 0.25) is 5.02 Å². The lowest BCUT2D eigenvalue weighted by Gasteiger charge is -2.23. The molecule has 1 aromatic heterocycles. The number of hydrogen-bond donors (Lipinski definition) is 2. The first-order valence-corrected chi connectivity index (χ1v) is 6.69. The molecule has 3 heteroatoms. The van der Waals surface area contributed by atoms with Gasteiger partial charge in [0, 0.05) is 28.2 Å². The fourth-order valence-corrected chi connectivity index (χ4v) is 2.89. The first kappa shape index (κ1) is 11.1. The van der Waals surface area contributed by atoms with E-state index in [9.17, 15) is 0 Å². The number of aromatic amines is 1. The molecular formula is C14H17ClN2. The van der Waals surface area contributed by atoms with Gasteiger partial charge in [0.2, 0.25) is 0 Å². The average molecular weight is 249 g/mol. The molecule has 1 aliphatic heterocycles. The summed E-state index contributed by atoms with van der Waals surface area (Å²) in [5.41, 5.74) is 2.43. The van der Waals surface area contributed by atoms with Crippen LogP contribution in [0.25, 0.3) is 10.9 Å². The minimum atomic E-state index is 0.591. The summed E-state index contributed by atoms with van der Waals surface area (Å²) in [4.78, 5) is 3.25. The zero-order valence-electron chi connectivity index (χ0n) is 9.80. The minimum Gasteiger partial charge on any atom is -0.361 e. The van der Waals surface area contributed by atoms with Gasteiger partial charge in [-0.3, -0.25) is 0 Å². The predicted octanol–water partition coefficient (Wildman–Crippen LogP) is 3.51. The molecule has 0 saturated carbocycles. The van der Waals surface area contributed by atoms with Gasteiger partial charge in [-0.1, -0.05) is 18.0 Å². The van der Waals surface area contributed by atoms with Crippen LogP contribution in [0.5, 0.6) is 0 Å². The van der Waals surface area contributed by atoms with E-state index in [1.807, 2.05) is 6.20 Å². The maximum absolute atomic E-state index is 6.34. The van der Waals surface area contributed by atoms with Crippen molar-refractivity contribution in [1.82, 2.24) is 10.3 Å². The van der Waals surface area contributed by atoms with Gasteiger partial charge in [-0.15, -0.1) is 0 Å². The van der Waals surface area contributed by atoms with E-state index in [4.69, 9.17) is 11.6 Å². The number of hydrogen-bond acceptors (Lipinski definition) is 1. The molecule has 1 saturated heterocycles. The highest BCUT2D eigenvalue weighted by Crippen LogP contribution is 2.25. The molecule has 0 radical (unpaired) electrons. The number of piperidine rings is 1. The second-order valence-electron chi connectivity index (χ2n) is 4.86. The summed E-state index contributed by atoms with van der Waals surface area (Å²) >= 11 is 6.34. The molecule has 0 spiro atoms. The number of aromatic nitrogens is 1. The molecule has 2 aromatic rings. The summed E-state index contributed by atoms with van der Waals surface area (Å²) in [6.07, 6.45) is 6.90. The molecule has 0 aliphatic carbocycles. The van der Waals surface area contributed by atoms with E-state index in [0.29, 0.717) is 6.04 Å². The molecule has 0 amide bonds. The van der Waals surface area contributed by atoms with Crippen LogP contribution in [0.15, 0.2) is 24.4 Å². The van der Waals surface area contributed by atoms with Crippen molar-refractivity contribution in [1.29, 1.82) is 0 Å². The zero-order valence-corrected chi connectivity index (χ0v) is 10.6. The molecule has 2 N–H and O–H groups in total. The Labute approximate surface area is 106 Å². The lowest BCUT2D eigenvalue weighted by Crippen LogP contribution is -2.35. The summed E-state index contributed by atoms with van der Waals surface area (Å²) < 4.78 is 0. The van der Waals surface area contributed by atoms with Crippen LogP contribution in [0, 0.1) is 0 Å². The Kier molecular flexibility index (Phi) is 3.08. The third-order valence-electron chi connectivity index (χ3n) is 3.60. The van der Waals surface area contributed by atoms with Crippen molar-refractivity contribution >= 4 is 22.5 Å². The van der Waals surface area contributed by atoms with Gasteiger partial charge in [-0.2, -0.15) is 0 Å². The number of benzene rings is 1. The highest BCUT2D eigenvalue weighted by molar-refractivity contribution is 6.32. The second kappa shape index (κ2) is 4.71. The molecule has 1 aliphatic rings. The fraction of sp³-hybridized carbons (Fsp3) is 0.429. The third kappa shape index (κ3) is 2.33. The van der Waals surface area contributed by atoms with Crippen molar-refractivity contribution in [3.63, 3.8) is 0 Å². The van der Waals surface area contributed by atoms with E-state index in [1.54, 1.807) is 0 Å². The first-order chi connectivity index (χ1) is 8.33. The van der Waals surface area contributed by atoms with E-state index >= 15 is 0 Å². The molecule has 0 bridgehead atoms. The number of H-pyrrole nitrogens is 1. The summed E-state index contributed by atoms with van der Waals surface area (Å²) in [5, 5.41) is 5.65. The topological polar surface area (TPSA) is 27.8 Å². The van der Waals surface area contributed by atoms with Crippen LogP contribution in [0.4, 0.5) is 0 Å². The van der Waals surface area contributed by atoms with Gasteiger partial charge < -0.3 is 10.3 Å². The quantitative estimate of drug-likeness (QED) is 0.837. The van der Waals surface area contributed by atoms with Gasteiger partial charge in [0.05, 0.1) is 0 Å². The van der Waals surface area contributed by atoms with Gasteiger partial charge in [0.25, 0.3) is 0 Å². The summed E-state index contributed by atoms with van der Waals surface area (Å²) in [6.45, 7) is 1.15. The highest BCUT2D eigenvalue weighted by atomic mass is 35.5. The Hall–Kier alpha value is -0.990. The summed E-state index contributed by atoms with van der Waals surface area (Å²) in [7, 11) is 0. The largest absolute Gasteiger partial charge is 0.361 e. The van der Waals surface area contributed by atoms with Crippen LogP contribution in [0.1, 0.15) is 24.8 Å². The normalized spacial score (nSPS) is 20.9. The van der Waals surface area contributed by atoms with Gasteiger partial charge in [-0.25, -0.2) is 0 Å². The second-order valence-corrected chi connectivity index (χ2v) is 5.27. The van der Waals surface area contributed by atoms with Crippen molar-refractivity contribution in [3.8, 4) is 0 Å². The standard InChI is InChI=1S/C14H17ClN2/c15-13-8-10-4-6-17-14(10)9-11(13)7-12-3-1-2-5-16-12/h4,6,8-9,12,16-17H,1-3,5,7H2. The lowest BCUT2D eigenvalue weighted by atomic mass is 9.97. The van der Waals surface area contributed by atoms with Gasteiger partial charge in [0.15, 0.2) is 0 Å². The molecular weight excluding hydrogens is 232 g/mol. The molecule has 17 heavy (non-hydrogen) atoms. The summed E-state index contributed by atoms with van der Waals surface area (Å²) in [6, 6.07) is 6.90. The Morgan fingerprint density at radius 2 is 2.24 bits per heavy atom. The predicted molar refractivity (Wildman–Crippen MR) is 72.7 cm³/mol. The SMILES string of the molecule is Clc1cc2cc[nH]c2cc1CC1CCCCN1. The fourth-order valence-electron chi connectivity index (χ4n) is 2.64. The summed E-state index contributed by atoms with van der Waals surface area (Å²) in [5.74, 6) is 0. The molecule has 1 atom stereocenters. The maximum atomic E-state index is 6.34. The van der Waals surface area contributed by atoms with Crippen LogP contribution in [-0.4, -0.2) is 17.6 Å². The molecule has 1 fully saturated rings. The van der Waals surface area contributed by atoms with Crippen LogP contribution in [0.3, 0.4) is 0 Å². The highest BCUT2D eigenvalue weighted by Gasteiger charge is 2.15. The lowest BCUT2D eigenvalue weighted by molar-refractivity contribution is 0.399. The van der Waals surface area contributed by atoms with E-state index in [2.05, 4.69) is 28.5 Å². The van der Waals surface area contributed by atoms with Crippen molar-refractivity contribution < 1.29 is 0 Å². The average Bonchev–Trinajstić information content (AvgIpc) is 2.78. The number of nitrogens with one attached hydrogen (secondary N) is 2. The van der Waals surface area contributed by atoms with E-state index in [1.165, 1.54) is 35.7 Å². The van der Waals surface area contributed by atoms with Crippen molar-refractivity contribution in [2.24, 2.45) is 0 Å². The Bertz CT molecular complexity index is 512. The molecule has 1 unspecified atom stereocenters.